The zero-order valence-corrected chi connectivity index (χ0v) is 21.5. The van der Waals surface area contributed by atoms with Gasteiger partial charge in [-0.1, -0.05) is 6.92 Å². The fourth-order valence-corrected chi connectivity index (χ4v) is 3.85. The number of benzene rings is 1. The lowest BCUT2D eigenvalue weighted by Gasteiger charge is -2.40. The van der Waals surface area contributed by atoms with E-state index in [1.54, 1.807) is 18.7 Å². The molecule has 186 valence electrons. The Morgan fingerprint density at radius 3 is 2.42 bits per heavy atom. The third kappa shape index (κ3) is 7.81. The molecule has 1 aliphatic rings. The van der Waals surface area contributed by atoms with E-state index >= 15 is 0 Å². The number of hydrogen-bond donors (Lipinski definition) is 1. The average molecular weight is 464 g/mol. The lowest BCUT2D eigenvalue weighted by atomic mass is 10.0. The Hall–Kier alpha value is -2.48. The van der Waals surface area contributed by atoms with Crippen molar-refractivity contribution in [3.8, 4) is 5.75 Å². The molecule has 1 aromatic carbocycles. The van der Waals surface area contributed by atoms with Gasteiger partial charge in [0.05, 0.1) is 7.11 Å². The quantitative estimate of drug-likeness (QED) is 0.585. The van der Waals surface area contributed by atoms with Gasteiger partial charge in [-0.3, -0.25) is 4.90 Å². The normalized spacial score (nSPS) is 17.5. The van der Waals surface area contributed by atoms with E-state index in [2.05, 4.69) is 17.1 Å². The van der Waals surface area contributed by atoms with Crippen LogP contribution in [0.4, 0.5) is 10.5 Å². The van der Waals surface area contributed by atoms with Crippen LogP contribution in [0.3, 0.4) is 0 Å². The molecule has 1 atom stereocenters. The predicted molar refractivity (Wildman–Crippen MR) is 130 cm³/mol. The SMILES string of the molecule is CCc1cc(NC(C)(C)C(=O)OC)ccc1OCCN1CCN(C(=O)OC(C)(C)C)[C@H](C)C1. The Kier molecular flexibility index (Phi) is 9.00. The van der Waals surface area contributed by atoms with Gasteiger partial charge in [0.15, 0.2) is 0 Å². The number of nitrogens with zero attached hydrogens (tertiary/aromatic N) is 2. The number of carbonyl (C=O) groups is 2. The summed E-state index contributed by atoms with van der Waals surface area (Å²) in [7, 11) is 1.39. The van der Waals surface area contributed by atoms with Gasteiger partial charge in [-0.05, 0) is 71.7 Å². The van der Waals surface area contributed by atoms with Crippen molar-refractivity contribution in [3.05, 3.63) is 23.8 Å². The van der Waals surface area contributed by atoms with Crippen LogP contribution in [-0.2, 0) is 20.7 Å². The highest BCUT2D eigenvalue weighted by Crippen LogP contribution is 2.26. The first-order valence-corrected chi connectivity index (χ1v) is 11.7. The van der Waals surface area contributed by atoms with Crippen LogP contribution in [-0.4, -0.2) is 78.9 Å². The molecule has 1 aliphatic heterocycles. The van der Waals surface area contributed by atoms with Crippen LogP contribution in [0.2, 0.25) is 0 Å². The number of amides is 1. The minimum atomic E-state index is -0.819. The van der Waals surface area contributed by atoms with E-state index in [-0.39, 0.29) is 18.1 Å². The Morgan fingerprint density at radius 2 is 1.85 bits per heavy atom. The van der Waals surface area contributed by atoms with Crippen molar-refractivity contribution in [2.45, 2.75) is 72.1 Å². The second-order valence-corrected chi connectivity index (χ2v) is 10.1. The van der Waals surface area contributed by atoms with Crippen LogP contribution in [0.15, 0.2) is 18.2 Å². The van der Waals surface area contributed by atoms with Gasteiger partial charge in [-0.2, -0.15) is 0 Å². The van der Waals surface area contributed by atoms with Crippen molar-refractivity contribution in [2.24, 2.45) is 0 Å². The number of esters is 1. The van der Waals surface area contributed by atoms with Crippen molar-refractivity contribution >= 4 is 17.7 Å². The van der Waals surface area contributed by atoms with E-state index in [4.69, 9.17) is 14.2 Å². The van der Waals surface area contributed by atoms with E-state index in [0.29, 0.717) is 13.2 Å². The maximum absolute atomic E-state index is 12.4. The minimum absolute atomic E-state index is 0.0864. The van der Waals surface area contributed by atoms with Crippen molar-refractivity contribution < 1.29 is 23.8 Å². The first kappa shape index (κ1) is 26.8. The third-order valence-electron chi connectivity index (χ3n) is 5.60. The summed E-state index contributed by atoms with van der Waals surface area (Å²) in [5.41, 5.74) is 0.615. The Balaban J connectivity index is 1.88. The standard InChI is InChI=1S/C25H41N3O5/c1-9-19-16-20(26-25(6,7)22(29)31-8)10-11-21(19)32-15-14-27-12-13-28(18(2)17-27)23(30)33-24(3,4)5/h10-11,16,18,26H,9,12-15,17H2,1-8H3/t18-/m1/s1. The summed E-state index contributed by atoms with van der Waals surface area (Å²) < 4.78 is 16.5. The fourth-order valence-electron chi connectivity index (χ4n) is 3.85. The molecule has 0 aliphatic carbocycles. The van der Waals surface area contributed by atoms with Crippen LogP contribution >= 0.6 is 0 Å². The van der Waals surface area contributed by atoms with Gasteiger partial charge >= 0.3 is 12.1 Å². The number of aryl methyl sites for hydroxylation is 1. The van der Waals surface area contributed by atoms with E-state index in [1.165, 1.54) is 7.11 Å². The van der Waals surface area contributed by atoms with Gasteiger partial charge in [0, 0.05) is 37.9 Å². The molecule has 1 fully saturated rings. The van der Waals surface area contributed by atoms with E-state index in [1.807, 2.05) is 45.9 Å². The third-order valence-corrected chi connectivity index (χ3v) is 5.60. The Bertz CT molecular complexity index is 819. The highest BCUT2D eigenvalue weighted by molar-refractivity contribution is 5.83. The van der Waals surface area contributed by atoms with Crippen molar-refractivity contribution in [1.29, 1.82) is 0 Å². The Morgan fingerprint density at radius 1 is 1.15 bits per heavy atom. The number of anilines is 1. The molecule has 2 rings (SSSR count). The highest BCUT2D eigenvalue weighted by atomic mass is 16.6. The molecule has 1 amide bonds. The van der Waals surface area contributed by atoms with Crippen molar-refractivity contribution in [3.63, 3.8) is 0 Å². The fraction of sp³-hybridized carbons (Fsp3) is 0.680. The van der Waals surface area contributed by atoms with Crippen LogP contribution in [0.1, 0.15) is 54.0 Å². The van der Waals surface area contributed by atoms with Crippen LogP contribution in [0.5, 0.6) is 5.75 Å². The molecule has 0 unspecified atom stereocenters. The smallest absolute Gasteiger partial charge is 0.410 e. The zero-order valence-electron chi connectivity index (χ0n) is 21.5. The van der Waals surface area contributed by atoms with Crippen molar-refractivity contribution in [1.82, 2.24) is 9.80 Å². The average Bonchev–Trinajstić information content (AvgIpc) is 2.72. The first-order chi connectivity index (χ1) is 15.4. The summed E-state index contributed by atoms with van der Waals surface area (Å²) in [5, 5.41) is 3.23. The molecular formula is C25H41N3O5. The molecule has 33 heavy (non-hydrogen) atoms. The van der Waals surface area contributed by atoms with Gasteiger partial charge in [-0.15, -0.1) is 0 Å². The Labute approximate surface area is 198 Å². The number of rotatable bonds is 8. The molecule has 1 aromatic rings. The van der Waals surface area contributed by atoms with Crippen LogP contribution in [0.25, 0.3) is 0 Å². The zero-order chi connectivity index (χ0) is 24.8. The molecule has 8 heteroatoms. The number of ether oxygens (including phenoxy) is 3. The van der Waals surface area contributed by atoms with Crippen molar-refractivity contribution in [2.75, 3.05) is 45.2 Å². The summed E-state index contributed by atoms with van der Waals surface area (Å²) in [6, 6.07) is 5.96. The maximum atomic E-state index is 12.4. The molecule has 8 nitrogen and oxygen atoms in total. The predicted octanol–water partition coefficient (Wildman–Crippen LogP) is 3.93. The molecule has 1 saturated heterocycles. The number of piperazine rings is 1. The van der Waals surface area contributed by atoms with Crippen LogP contribution in [0, 0.1) is 0 Å². The first-order valence-electron chi connectivity index (χ1n) is 11.7. The lowest BCUT2D eigenvalue weighted by molar-refractivity contribution is -0.144. The second kappa shape index (κ2) is 11.1. The molecule has 0 spiro atoms. The van der Waals surface area contributed by atoms with E-state index in [9.17, 15) is 9.59 Å². The second-order valence-electron chi connectivity index (χ2n) is 10.1. The van der Waals surface area contributed by atoms with Gasteiger partial charge in [0.1, 0.15) is 23.5 Å². The summed E-state index contributed by atoms with van der Waals surface area (Å²) in [5.74, 6) is 0.529. The van der Waals surface area contributed by atoms with Gasteiger partial charge in [-0.25, -0.2) is 9.59 Å². The van der Waals surface area contributed by atoms with Gasteiger partial charge in [0.2, 0.25) is 0 Å². The van der Waals surface area contributed by atoms with Gasteiger partial charge < -0.3 is 24.4 Å². The van der Waals surface area contributed by atoms with Crippen LogP contribution < -0.4 is 10.1 Å². The molecule has 0 bridgehead atoms. The summed E-state index contributed by atoms with van der Waals surface area (Å²) in [4.78, 5) is 28.5. The number of methoxy groups -OCH3 is 1. The summed E-state index contributed by atoms with van der Waals surface area (Å²) in [6.07, 6.45) is 0.567. The number of hydrogen-bond acceptors (Lipinski definition) is 7. The monoisotopic (exact) mass is 463 g/mol. The topological polar surface area (TPSA) is 80.3 Å². The molecular weight excluding hydrogens is 422 g/mol. The van der Waals surface area contributed by atoms with E-state index in [0.717, 1.165) is 43.1 Å². The minimum Gasteiger partial charge on any atom is -0.492 e. The highest BCUT2D eigenvalue weighted by Gasteiger charge is 2.31. The molecule has 0 saturated carbocycles. The molecule has 0 aromatic heterocycles. The molecule has 1 heterocycles. The van der Waals surface area contributed by atoms with E-state index < -0.39 is 11.1 Å². The van der Waals surface area contributed by atoms with Gasteiger partial charge in [0.25, 0.3) is 0 Å². The largest absolute Gasteiger partial charge is 0.492 e. The number of nitrogens with one attached hydrogen (secondary N) is 1. The summed E-state index contributed by atoms with van der Waals surface area (Å²) in [6.45, 7) is 16.9. The number of carbonyl (C=O) groups excluding carboxylic acids is 2. The summed E-state index contributed by atoms with van der Waals surface area (Å²) >= 11 is 0. The molecule has 0 radical (unpaired) electrons. The molecule has 1 N–H and O–H groups in total. The maximum Gasteiger partial charge on any atom is 0.410 e. The lowest BCUT2D eigenvalue weighted by Crippen LogP contribution is -2.55.